The van der Waals surface area contributed by atoms with E-state index in [0.29, 0.717) is 26.2 Å². The molecule has 5 heteroatoms. The van der Waals surface area contributed by atoms with E-state index in [-0.39, 0.29) is 5.78 Å². The number of rotatable bonds is 5. The molecule has 0 spiro atoms. The van der Waals surface area contributed by atoms with Crippen molar-refractivity contribution in [2.75, 3.05) is 26.8 Å². The van der Waals surface area contributed by atoms with E-state index in [4.69, 9.17) is 9.47 Å². The number of benzene rings is 1. The molecule has 1 aromatic carbocycles. The number of ether oxygens (including phenoxy) is 2. The van der Waals surface area contributed by atoms with Gasteiger partial charge in [0.25, 0.3) is 0 Å². The van der Waals surface area contributed by atoms with Crippen LogP contribution >= 0.6 is 0 Å². The maximum Gasteiger partial charge on any atom is 0.317 e. The number of hydrogen-bond donors (Lipinski definition) is 0. The standard InChI is InChI=1S/C15H19NO4/c1-3-20-15(18)13-9-16(10-14(13)17)8-11-4-6-12(19-2)7-5-11/h4-7,13H,3,8-10H2,1-2H3. The molecule has 0 aliphatic carbocycles. The van der Waals surface area contributed by atoms with E-state index < -0.39 is 11.9 Å². The Labute approximate surface area is 118 Å². The number of nitrogens with zero attached hydrogens (tertiary/aromatic N) is 1. The predicted octanol–water partition coefficient (Wildman–Crippen LogP) is 1.26. The molecule has 1 heterocycles. The summed E-state index contributed by atoms with van der Waals surface area (Å²) in [5.41, 5.74) is 1.09. The lowest BCUT2D eigenvalue weighted by molar-refractivity contribution is -0.149. The van der Waals surface area contributed by atoms with Crippen LogP contribution in [0.1, 0.15) is 12.5 Å². The number of esters is 1. The van der Waals surface area contributed by atoms with Crippen molar-refractivity contribution in [1.29, 1.82) is 0 Å². The van der Waals surface area contributed by atoms with Gasteiger partial charge in [-0.05, 0) is 24.6 Å². The fourth-order valence-corrected chi connectivity index (χ4v) is 2.31. The number of ketones is 1. The SMILES string of the molecule is CCOC(=O)C1CN(Cc2ccc(OC)cc2)CC1=O. The molecule has 0 radical (unpaired) electrons. The summed E-state index contributed by atoms with van der Waals surface area (Å²) in [5.74, 6) is -0.296. The third-order valence-corrected chi connectivity index (χ3v) is 3.35. The monoisotopic (exact) mass is 277 g/mol. The van der Waals surface area contributed by atoms with Crippen molar-refractivity contribution >= 4 is 11.8 Å². The molecule has 1 fully saturated rings. The highest BCUT2D eigenvalue weighted by molar-refractivity contribution is 6.01. The van der Waals surface area contributed by atoms with Gasteiger partial charge < -0.3 is 9.47 Å². The molecule has 5 nitrogen and oxygen atoms in total. The molecule has 1 aromatic rings. The van der Waals surface area contributed by atoms with E-state index in [1.54, 1.807) is 14.0 Å². The van der Waals surface area contributed by atoms with Gasteiger partial charge in [0.2, 0.25) is 0 Å². The highest BCUT2D eigenvalue weighted by atomic mass is 16.5. The Balaban J connectivity index is 1.94. The number of carbonyl (C=O) groups excluding carboxylic acids is 2. The van der Waals surface area contributed by atoms with Gasteiger partial charge in [-0.25, -0.2) is 0 Å². The first-order valence-electron chi connectivity index (χ1n) is 6.68. The van der Waals surface area contributed by atoms with Gasteiger partial charge in [0.1, 0.15) is 11.7 Å². The van der Waals surface area contributed by atoms with Gasteiger partial charge in [0.15, 0.2) is 5.78 Å². The molecule has 0 aromatic heterocycles. The predicted molar refractivity (Wildman–Crippen MR) is 73.4 cm³/mol. The van der Waals surface area contributed by atoms with Gasteiger partial charge in [-0.3, -0.25) is 14.5 Å². The molecular weight excluding hydrogens is 258 g/mol. The lowest BCUT2D eigenvalue weighted by Gasteiger charge is -2.14. The van der Waals surface area contributed by atoms with Crippen LogP contribution in [0.15, 0.2) is 24.3 Å². The fraction of sp³-hybridized carbons (Fsp3) is 0.467. The molecule has 2 rings (SSSR count). The minimum atomic E-state index is -0.631. The van der Waals surface area contributed by atoms with Crippen LogP contribution in [0.25, 0.3) is 0 Å². The van der Waals surface area contributed by atoms with Crippen molar-refractivity contribution in [2.45, 2.75) is 13.5 Å². The molecule has 0 saturated carbocycles. The maximum absolute atomic E-state index is 11.8. The summed E-state index contributed by atoms with van der Waals surface area (Å²) in [4.78, 5) is 25.4. The minimum Gasteiger partial charge on any atom is -0.497 e. The van der Waals surface area contributed by atoms with E-state index in [2.05, 4.69) is 0 Å². The normalized spacial score (nSPS) is 19.1. The Hall–Kier alpha value is -1.88. The molecule has 1 aliphatic heterocycles. The number of carbonyl (C=O) groups is 2. The van der Waals surface area contributed by atoms with Crippen LogP contribution in [0.4, 0.5) is 0 Å². The van der Waals surface area contributed by atoms with Crippen molar-refractivity contribution in [3.63, 3.8) is 0 Å². The highest BCUT2D eigenvalue weighted by Crippen LogP contribution is 2.19. The number of methoxy groups -OCH3 is 1. The van der Waals surface area contributed by atoms with Crippen molar-refractivity contribution in [3.8, 4) is 5.75 Å². The van der Waals surface area contributed by atoms with Crippen LogP contribution in [0, 0.1) is 5.92 Å². The number of likely N-dealkylation sites (tertiary alicyclic amines) is 1. The van der Waals surface area contributed by atoms with Crippen molar-refractivity contribution < 1.29 is 19.1 Å². The third-order valence-electron chi connectivity index (χ3n) is 3.35. The van der Waals surface area contributed by atoms with E-state index in [1.165, 1.54) is 0 Å². The molecule has 0 bridgehead atoms. The zero-order valence-electron chi connectivity index (χ0n) is 11.8. The number of Topliss-reactive ketones (excluding diaryl/α,β-unsaturated/α-hetero) is 1. The van der Waals surface area contributed by atoms with Gasteiger partial charge in [-0.1, -0.05) is 12.1 Å². The molecule has 1 atom stereocenters. The van der Waals surface area contributed by atoms with Crippen LogP contribution in [0.2, 0.25) is 0 Å². The van der Waals surface area contributed by atoms with Gasteiger partial charge in [-0.15, -0.1) is 0 Å². The molecule has 1 unspecified atom stereocenters. The summed E-state index contributed by atoms with van der Waals surface area (Å²) in [6.45, 7) is 3.43. The van der Waals surface area contributed by atoms with Gasteiger partial charge in [0, 0.05) is 13.1 Å². The van der Waals surface area contributed by atoms with E-state index in [0.717, 1.165) is 11.3 Å². The zero-order valence-corrected chi connectivity index (χ0v) is 11.8. The van der Waals surface area contributed by atoms with Crippen molar-refractivity contribution in [3.05, 3.63) is 29.8 Å². The Bertz CT molecular complexity index is 483. The van der Waals surface area contributed by atoms with E-state index in [9.17, 15) is 9.59 Å². The first kappa shape index (κ1) is 14.5. The fourth-order valence-electron chi connectivity index (χ4n) is 2.31. The summed E-state index contributed by atoms with van der Waals surface area (Å²) < 4.78 is 10.0. The first-order chi connectivity index (χ1) is 9.63. The molecular formula is C15H19NO4. The molecule has 1 aliphatic rings. The first-order valence-corrected chi connectivity index (χ1v) is 6.68. The van der Waals surface area contributed by atoms with E-state index >= 15 is 0 Å². The Morgan fingerprint density at radius 1 is 1.35 bits per heavy atom. The smallest absolute Gasteiger partial charge is 0.317 e. The van der Waals surface area contributed by atoms with Crippen LogP contribution in [-0.2, 0) is 20.9 Å². The topological polar surface area (TPSA) is 55.8 Å². The molecule has 1 saturated heterocycles. The average Bonchev–Trinajstić information content (AvgIpc) is 2.81. The molecule has 0 N–H and O–H groups in total. The average molecular weight is 277 g/mol. The van der Waals surface area contributed by atoms with Crippen LogP contribution in [0.3, 0.4) is 0 Å². The number of hydrogen-bond acceptors (Lipinski definition) is 5. The molecule has 0 amide bonds. The summed E-state index contributed by atoms with van der Waals surface area (Å²) in [6.07, 6.45) is 0. The van der Waals surface area contributed by atoms with Crippen LogP contribution in [-0.4, -0.2) is 43.5 Å². The lowest BCUT2D eigenvalue weighted by Crippen LogP contribution is -2.25. The highest BCUT2D eigenvalue weighted by Gasteiger charge is 2.36. The third kappa shape index (κ3) is 3.36. The quantitative estimate of drug-likeness (QED) is 0.599. The summed E-state index contributed by atoms with van der Waals surface area (Å²) >= 11 is 0. The summed E-state index contributed by atoms with van der Waals surface area (Å²) in [7, 11) is 1.62. The Morgan fingerprint density at radius 3 is 2.65 bits per heavy atom. The van der Waals surface area contributed by atoms with Gasteiger partial charge >= 0.3 is 5.97 Å². The Kier molecular flexibility index (Phi) is 4.74. The lowest BCUT2D eigenvalue weighted by atomic mass is 10.1. The maximum atomic E-state index is 11.8. The Morgan fingerprint density at radius 2 is 2.05 bits per heavy atom. The minimum absolute atomic E-state index is 0.0584. The summed E-state index contributed by atoms with van der Waals surface area (Å²) in [5, 5.41) is 0. The van der Waals surface area contributed by atoms with Crippen molar-refractivity contribution in [1.82, 2.24) is 4.90 Å². The van der Waals surface area contributed by atoms with Crippen LogP contribution in [0.5, 0.6) is 5.75 Å². The van der Waals surface area contributed by atoms with Gasteiger partial charge in [-0.2, -0.15) is 0 Å². The second kappa shape index (κ2) is 6.52. The van der Waals surface area contributed by atoms with E-state index in [1.807, 2.05) is 29.2 Å². The second-order valence-electron chi connectivity index (χ2n) is 4.79. The zero-order chi connectivity index (χ0) is 14.5. The van der Waals surface area contributed by atoms with Crippen LogP contribution < -0.4 is 4.74 Å². The van der Waals surface area contributed by atoms with Gasteiger partial charge in [0.05, 0.1) is 20.3 Å². The second-order valence-corrected chi connectivity index (χ2v) is 4.79. The molecule has 108 valence electrons. The summed E-state index contributed by atoms with van der Waals surface area (Å²) in [6, 6.07) is 7.69. The van der Waals surface area contributed by atoms with Crippen molar-refractivity contribution in [2.24, 2.45) is 5.92 Å². The molecule has 20 heavy (non-hydrogen) atoms. The largest absolute Gasteiger partial charge is 0.497 e.